The van der Waals surface area contributed by atoms with Gasteiger partial charge in [-0.05, 0) is 50.7 Å². The molecule has 1 saturated heterocycles. The second-order valence-corrected chi connectivity index (χ2v) is 7.34. The first-order chi connectivity index (χ1) is 11.7. The van der Waals surface area contributed by atoms with E-state index in [-0.39, 0.29) is 24.5 Å². The van der Waals surface area contributed by atoms with Gasteiger partial charge in [-0.1, -0.05) is 12.1 Å². The second-order valence-electron chi connectivity index (χ2n) is 7.34. The van der Waals surface area contributed by atoms with E-state index in [9.17, 15) is 9.90 Å². The SMILES string of the molecule is CC1CCC(CO)CN1C(=O)Cn1c(C2CC2)nc2ccccc21. The topological polar surface area (TPSA) is 58.4 Å². The fourth-order valence-corrected chi connectivity index (χ4v) is 3.82. The van der Waals surface area contributed by atoms with Gasteiger partial charge in [0.1, 0.15) is 12.4 Å². The normalized spacial score (nSPS) is 24.5. The summed E-state index contributed by atoms with van der Waals surface area (Å²) in [4.78, 5) is 19.7. The van der Waals surface area contributed by atoms with E-state index in [0.717, 1.165) is 29.7 Å². The highest BCUT2D eigenvalue weighted by atomic mass is 16.3. The first-order valence-electron chi connectivity index (χ1n) is 9.03. The minimum Gasteiger partial charge on any atom is -0.396 e. The Kier molecular flexibility index (Phi) is 4.04. The Labute approximate surface area is 142 Å². The summed E-state index contributed by atoms with van der Waals surface area (Å²) in [6.45, 7) is 3.30. The van der Waals surface area contributed by atoms with E-state index in [1.807, 2.05) is 23.1 Å². The lowest BCUT2D eigenvalue weighted by Crippen LogP contribution is -2.47. The number of nitrogens with zero attached hydrogens (tertiary/aromatic N) is 3. The zero-order valence-electron chi connectivity index (χ0n) is 14.2. The highest BCUT2D eigenvalue weighted by Crippen LogP contribution is 2.40. The molecule has 1 amide bonds. The molecule has 128 valence electrons. The Morgan fingerprint density at radius 2 is 2.04 bits per heavy atom. The van der Waals surface area contributed by atoms with Gasteiger partial charge in [0.25, 0.3) is 0 Å². The van der Waals surface area contributed by atoms with Crippen LogP contribution in [0.4, 0.5) is 0 Å². The highest BCUT2D eigenvalue weighted by molar-refractivity contribution is 5.81. The van der Waals surface area contributed by atoms with Gasteiger partial charge in [0.2, 0.25) is 5.91 Å². The van der Waals surface area contributed by atoms with Gasteiger partial charge < -0.3 is 14.6 Å². The maximum Gasteiger partial charge on any atom is 0.242 e. The van der Waals surface area contributed by atoms with Crippen molar-refractivity contribution in [3.63, 3.8) is 0 Å². The lowest BCUT2D eigenvalue weighted by atomic mass is 9.94. The fourth-order valence-electron chi connectivity index (χ4n) is 3.82. The van der Waals surface area contributed by atoms with E-state index < -0.39 is 0 Å². The first kappa shape index (κ1) is 15.6. The predicted octanol–water partition coefficient (Wildman–Crippen LogP) is 2.53. The zero-order valence-corrected chi connectivity index (χ0v) is 14.2. The smallest absolute Gasteiger partial charge is 0.242 e. The summed E-state index contributed by atoms with van der Waals surface area (Å²) in [6.07, 6.45) is 4.31. The summed E-state index contributed by atoms with van der Waals surface area (Å²) >= 11 is 0. The Morgan fingerprint density at radius 3 is 2.79 bits per heavy atom. The minimum absolute atomic E-state index is 0.144. The summed E-state index contributed by atoms with van der Waals surface area (Å²) in [6, 6.07) is 8.33. The molecule has 2 heterocycles. The molecule has 1 aromatic carbocycles. The van der Waals surface area contributed by atoms with Crippen LogP contribution < -0.4 is 0 Å². The molecule has 0 bridgehead atoms. The largest absolute Gasteiger partial charge is 0.396 e. The van der Waals surface area contributed by atoms with Gasteiger partial charge in [-0.2, -0.15) is 0 Å². The lowest BCUT2D eigenvalue weighted by Gasteiger charge is -2.37. The maximum atomic E-state index is 13.0. The molecule has 5 heteroatoms. The number of benzene rings is 1. The summed E-state index contributed by atoms with van der Waals surface area (Å²) in [5.41, 5.74) is 2.03. The molecule has 1 saturated carbocycles. The molecular weight excluding hydrogens is 302 g/mol. The molecule has 2 atom stereocenters. The van der Waals surface area contributed by atoms with Crippen molar-refractivity contribution < 1.29 is 9.90 Å². The van der Waals surface area contributed by atoms with Crippen LogP contribution in [0, 0.1) is 5.92 Å². The number of para-hydroxylation sites is 2. The third-order valence-electron chi connectivity index (χ3n) is 5.48. The number of hydrogen-bond acceptors (Lipinski definition) is 3. The molecule has 2 aliphatic rings. The van der Waals surface area contributed by atoms with Crippen molar-refractivity contribution in [1.82, 2.24) is 14.5 Å². The first-order valence-corrected chi connectivity index (χ1v) is 9.03. The molecular formula is C19H25N3O2. The summed E-state index contributed by atoms with van der Waals surface area (Å²) < 4.78 is 2.12. The lowest BCUT2D eigenvalue weighted by molar-refractivity contribution is -0.136. The van der Waals surface area contributed by atoms with Gasteiger partial charge in [0.05, 0.1) is 11.0 Å². The number of carbonyl (C=O) groups is 1. The van der Waals surface area contributed by atoms with E-state index in [1.54, 1.807) is 0 Å². The second kappa shape index (κ2) is 6.20. The Hall–Kier alpha value is -1.88. The molecule has 4 rings (SSSR count). The van der Waals surface area contributed by atoms with Crippen LogP contribution in [0.25, 0.3) is 11.0 Å². The van der Waals surface area contributed by atoms with Crippen molar-refractivity contribution in [2.75, 3.05) is 13.2 Å². The van der Waals surface area contributed by atoms with E-state index in [0.29, 0.717) is 19.0 Å². The van der Waals surface area contributed by atoms with Crippen molar-refractivity contribution in [2.45, 2.75) is 51.1 Å². The number of imidazole rings is 1. The van der Waals surface area contributed by atoms with Crippen LogP contribution in [-0.2, 0) is 11.3 Å². The molecule has 0 radical (unpaired) electrons. The average molecular weight is 327 g/mol. The third kappa shape index (κ3) is 2.81. The quantitative estimate of drug-likeness (QED) is 0.939. The number of aliphatic hydroxyl groups excluding tert-OH is 1. The number of carbonyl (C=O) groups excluding carboxylic acids is 1. The molecule has 1 aromatic heterocycles. The van der Waals surface area contributed by atoms with Crippen LogP contribution in [-0.4, -0.2) is 44.7 Å². The number of fused-ring (bicyclic) bond motifs is 1. The molecule has 1 aliphatic carbocycles. The molecule has 2 aromatic rings. The van der Waals surface area contributed by atoms with Crippen molar-refractivity contribution in [1.29, 1.82) is 0 Å². The maximum absolute atomic E-state index is 13.0. The number of likely N-dealkylation sites (tertiary alicyclic amines) is 1. The number of aromatic nitrogens is 2. The van der Waals surface area contributed by atoms with Gasteiger partial charge in [-0.15, -0.1) is 0 Å². The number of hydrogen-bond donors (Lipinski definition) is 1. The molecule has 1 N–H and O–H groups in total. The summed E-state index contributed by atoms with van der Waals surface area (Å²) in [5.74, 6) is 1.93. The van der Waals surface area contributed by atoms with E-state index >= 15 is 0 Å². The zero-order chi connectivity index (χ0) is 16.7. The van der Waals surface area contributed by atoms with Gasteiger partial charge in [0.15, 0.2) is 0 Å². The van der Waals surface area contributed by atoms with Crippen molar-refractivity contribution in [2.24, 2.45) is 5.92 Å². The fraction of sp³-hybridized carbons (Fsp3) is 0.579. The van der Waals surface area contributed by atoms with E-state index in [1.165, 1.54) is 12.8 Å². The monoisotopic (exact) mass is 327 g/mol. The third-order valence-corrected chi connectivity index (χ3v) is 5.48. The van der Waals surface area contributed by atoms with Crippen molar-refractivity contribution in [3.8, 4) is 0 Å². The van der Waals surface area contributed by atoms with Crippen LogP contribution >= 0.6 is 0 Å². The number of rotatable bonds is 4. The number of aliphatic hydroxyl groups is 1. The van der Waals surface area contributed by atoms with Crippen molar-refractivity contribution in [3.05, 3.63) is 30.1 Å². The summed E-state index contributed by atoms with van der Waals surface area (Å²) in [5, 5.41) is 9.45. The molecule has 1 aliphatic heterocycles. The van der Waals surface area contributed by atoms with Gasteiger partial charge in [-0.3, -0.25) is 4.79 Å². The predicted molar refractivity (Wildman–Crippen MR) is 92.7 cm³/mol. The van der Waals surface area contributed by atoms with Crippen LogP contribution in [0.5, 0.6) is 0 Å². The van der Waals surface area contributed by atoms with Crippen LogP contribution in [0.2, 0.25) is 0 Å². The van der Waals surface area contributed by atoms with Gasteiger partial charge >= 0.3 is 0 Å². The van der Waals surface area contributed by atoms with Crippen LogP contribution in [0.15, 0.2) is 24.3 Å². The number of amides is 1. The molecule has 5 nitrogen and oxygen atoms in total. The van der Waals surface area contributed by atoms with Crippen molar-refractivity contribution >= 4 is 16.9 Å². The minimum atomic E-state index is 0.144. The molecule has 2 unspecified atom stereocenters. The molecule has 0 spiro atoms. The van der Waals surface area contributed by atoms with Gasteiger partial charge in [0, 0.05) is 25.1 Å². The molecule has 24 heavy (non-hydrogen) atoms. The van der Waals surface area contributed by atoms with E-state index in [2.05, 4.69) is 17.6 Å². The van der Waals surface area contributed by atoms with Gasteiger partial charge in [-0.25, -0.2) is 4.98 Å². The summed E-state index contributed by atoms with van der Waals surface area (Å²) in [7, 11) is 0. The standard InChI is InChI=1S/C19H25N3O2/c1-13-6-7-14(12-23)10-21(13)18(24)11-22-17-5-3-2-4-16(17)20-19(22)15-8-9-15/h2-5,13-15,23H,6-12H2,1H3. The van der Waals surface area contributed by atoms with Crippen LogP contribution in [0.3, 0.4) is 0 Å². The van der Waals surface area contributed by atoms with Crippen LogP contribution in [0.1, 0.15) is 44.3 Å². The Bertz CT molecular complexity index is 750. The number of piperidine rings is 1. The Morgan fingerprint density at radius 1 is 1.25 bits per heavy atom. The highest BCUT2D eigenvalue weighted by Gasteiger charge is 2.32. The average Bonchev–Trinajstić information content (AvgIpc) is 3.38. The molecule has 2 fully saturated rings. The van der Waals surface area contributed by atoms with E-state index in [4.69, 9.17) is 4.98 Å². The Balaban J connectivity index is 1.61.